The second kappa shape index (κ2) is 16.8. The van der Waals surface area contributed by atoms with E-state index in [-0.39, 0.29) is 11.4 Å². The topological polar surface area (TPSA) is 137 Å². The summed E-state index contributed by atoms with van der Waals surface area (Å²) in [6.07, 6.45) is 3.56. The Bertz CT molecular complexity index is 1030. The van der Waals surface area contributed by atoms with Crippen molar-refractivity contribution in [2.45, 2.75) is 26.2 Å². The molecule has 208 valence electrons. The lowest BCUT2D eigenvalue weighted by atomic mass is 10.2. The van der Waals surface area contributed by atoms with Gasteiger partial charge in [0.05, 0.1) is 32.3 Å². The van der Waals surface area contributed by atoms with Crippen LogP contribution in [0, 0.1) is 0 Å². The van der Waals surface area contributed by atoms with Crippen molar-refractivity contribution >= 4 is 21.8 Å². The fraction of sp³-hybridized carbons (Fsp3) is 0.500. The number of para-hydroxylation sites is 3. The Morgan fingerprint density at radius 2 is 1.54 bits per heavy atom. The first-order valence-electron chi connectivity index (χ1n) is 12.1. The Balaban J connectivity index is 0.00000104. The number of rotatable bonds is 11. The van der Waals surface area contributed by atoms with Gasteiger partial charge in [0.1, 0.15) is 17.1 Å². The molecular weight excluding hydrogens is 500 g/mol. The van der Waals surface area contributed by atoms with Crippen molar-refractivity contribution in [1.82, 2.24) is 4.90 Å². The van der Waals surface area contributed by atoms with Crippen molar-refractivity contribution in [3.05, 3.63) is 54.1 Å². The van der Waals surface area contributed by atoms with Gasteiger partial charge in [-0.05, 0) is 37.1 Å². The first-order valence-corrected chi connectivity index (χ1v) is 14.0. The smallest absolute Gasteiger partial charge is 0.341 e. The molecule has 11 heteroatoms. The molecule has 3 N–H and O–H groups in total. The summed E-state index contributed by atoms with van der Waals surface area (Å²) in [5.41, 5.74) is 1.66. The van der Waals surface area contributed by atoms with Crippen LogP contribution in [0.4, 0.5) is 5.69 Å². The average Bonchev–Trinajstić information content (AvgIpc) is 2.86. The number of anilines is 1. The number of ether oxygens (including phenoxy) is 3. The number of methoxy groups -OCH3 is 1. The van der Waals surface area contributed by atoms with Gasteiger partial charge >= 0.3 is 5.97 Å². The van der Waals surface area contributed by atoms with E-state index in [1.807, 2.05) is 36.4 Å². The molecule has 2 aromatic carbocycles. The van der Waals surface area contributed by atoms with Crippen LogP contribution >= 0.6 is 0 Å². The Morgan fingerprint density at radius 1 is 0.946 bits per heavy atom. The van der Waals surface area contributed by atoms with Crippen LogP contribution in [0.5, 0.6) is 11.5 Å². The van der Waals surface area contributed by atoms with Gasteiger partial charge in [-0.1, -0.05) is 37.6 Å². The number of esters is 1. The summed E-state index contributed by atoms with van der Waals surface area (Å²) >= 11 is 0. The zero-order chi connectivity index (χ0) is 26.4. The first kappa shape index (κ1) is 32.2. The third kappa shape index (κ3) is 12.3. The van der Waals surface area contributed by atoms with E-state index >= 15 is 0 Å². The molecule has 37 heavy (non-hydrogen) atoms. The van der Waals surface area contributed by atoms with Crippen LogP contribution < -0.4 is 14.4 Å². The average molecular weight is 541 g/mol. The first-order chi connectivity index (χ1) is 17.2. The summed E-state index contributed by atoms with van der Waals surface area (Å²) in [5, 5.41) is 0. The van der Waals surface area contributed by atoms with E-state index in [1.54, 1.807) is 13.2 Å². The molecule has 0 atom stereocenters. The van der Waals surface area contributed by atoms with Crippen LogP contribution in [0.1, 0.15) is 36.5 Å². The zero-order valence-electron chi connectivity index (χ0n) is 21.9. The van der Waals surface area contributed by atoms with E-state index in [9.17, 15) is 13.2 Å². The van der Waals surface area contributed by atoms with Gasteiger partial charge in [-0.2, -0.15) is 8.42 Å². The summed E-state index contributed by atoms with van der Waals surface area (Å²) in [4.78, 5) is 17.3. The number of hydrogen-bond acceptors (Lipinski definition) is 8. The molecule has 0 aliphatic carbocycles. The monoisotopic (exact) mass is 540 g/mol. The zero-order valence-corrected chi connectivity index (χ0v) is 22.7. The fourth-order valence-electron chi connectivity index (χ4n) is 3.72. The second-order valence-corrected chi connectivity index (χ2v) is 9.89. The second-order valence-electron chi connectivity index (χ2n) is 8.42. The summed E-state index contributed by atoms with van der Waals surface area (Å²) in [5.74, 6) is 1.21. The predicted molar refractivity (Wildman–Crippen MR) is 144 cm³/mol. The van der Waals surface area contributed by atoms with E-state index in [2.05, 4.69) is 22.8 Å². The van der Waals surface area contributed by atoms with Crippen LogP contribution in [0.2, 0.25) is 0 Å². The number of piperazine rings is 1. The maximum Gasteiger partial charge on any atom is 0.341 e. The highest BCUT2D eigenvalue weighted by Gasteiger charge is 2.19. The number of benzene rings is 2. The van der Waals surface area contributed by atoms with Crippen LogP contribution in [-0.4, -0.2) is 88.6 Å². The molecular formula is C26H40N2O8S. The molecule has 1 fully saturated rings. The molecule has 0 saturated carbocycles. The minimum Gasteiger partial charge on any atom is -0.495 e. The normalized spacial score (nSPS) is 13.6. The molecule has 0 unspecified atom stereocenters. The Morgan fingerprint density at radius 3 is 2.16 bits per heavy atom. The largest absolute Gasteiger partial charge is 0.495 e. The van der Waals surface area contributed by atoms with Crippen molar-refractivity contribution in [3.63, 3.8) is 0 Å². The minimum atomic E-state index is -3.67. The van der Waals surface area contributed by atoms with Crippen LogP contribution in [0.15, 0.2) is 48.5 Å². The van der Waals surface area contributed by atoms with Gasteiger partial charge in [-0.15, -0.1) is 0 Å². The van der Waals surface area contributed by atoms with Gasteiger partial charge in [0.25, 0.3) is 10.1 Å². The standard InChI is InChI=1S/C25H34N2O4.CH4O3S.H2O/c1-3-4-19-30-23-12-7-5-10-21(23)25(28)31-20-9-14-26-15-17-27(18-16-26)22-11-6-8-13-24(22)29-2;1-5(2,3)4;/h5-8,10-13H,3-4,9,14-20H2,1-2H3;1H3,(H,2,3,4);1H2. The molecule has 0 radical (unpaired) electrons. The molecule has 0 spiro atoms. The lowest BCUT2D eigenvalue weighted by Crippen LogP contribution is -2.46. The molecule has 0 aromatic heterocycles. The number of carbonyl (C=O) groups excluding carboxylic acids is 1. The van der Waals surface area contributed by atoms with Gasteiger partial charge in [0, 0.05) is 32.7 Å². The van der Waals surface area contributed by atoms with Crippen molar-refractivity contribution in [2.75, 3.05) is 64.2 Å². The van der Waals surface area contributed by atoms with Gasteiger partial charge in [0.2, 0.25) is 0 Å². The highest BCUT2D eigenvalue weighted by atomic mass is 32.2. The molecule has 0 amide bonds. The Hall–Kier alpha value is -2.86. The molecule has 10 nitrogen and oxygen atoms in total. The number of hydrogen-bond donors (Lipinski definition) is 1. The molecule has 1 heterocycles. The lowest BCUT2D eigenvalue weighted by Gasteiger charge is -2.36. The van der Waals surface area contributed by atoms with Crippen LogP contribution in [0.25, 0.3) is 0 Å². The molecule has 3 rings (SSSR count). The minimum absolute atomic E-state index is 0. The lowest BCUT2D eigenvalue weighted by molar-refractivity contribution is 0.0482. The Kier molecular flexibility index (Phi) is 14.6. The number of unbranched alkanes of at least 4 members (excludes halogenated alkanes) is 1. The maximum atomic E-state index is 12.5. The van der Waals surface area contributed by atoms with E-state index in [1.165, 1.54) is 0 Å². The molecule has 1 saturated heterocycles. The van der Waals surface area contributed by atoms with Gasteiger partial charge in [-0.25, -0.2) is 4.79 Å². The van der Waals surface area contributed by atoms with Gasteiger partial charge in [0.15, 0.2) is 0 Å². The highest BCUT2D eigenvalue weighted by molar-refractivity contribution is 7.85. The Labute approximate surface area is 220 Å². The van der Waals surface area contributed by atoms with E-state index in [4.69, 9.17) is 18.8 Å². The summed E-state index contributed by atoms with van der Waals surface area (Å²) in [6, 6.07) is 15.5. The molecule has 2 aromatic rings. The van der Waals surface area contributed by atoms with Crippen LogP contribution in [0.3, 0.4) is 0 Å². The quantitative estimate of drug-likeness (QED) is 0.259. The SMILES string of the molecule is CCCCOc1ccccc1C(=O)OCCCN1CCN(c2ccccc2OC)CC1.CS(=O)(=O)O.O. The van der Waals surface area contributed by atoms with Gasteiger partial charge < -0.3 is 24.6 Å². The van der Waals surface area contributed by atoms with E-state index in [0.717, 1.165) is 63.4 Å². The maximum absolute atomic E-state index is 12.5. The van der Waals surface area contributed by atoms with Crippen molar-refractivity contribution in [2.24, 2.45) is 0 Å². The fourth-order valence-corrected chi connectivity index (χ4v) is 3.72. The van der Waals surface area contributed by atoms with E-state index in [0.29, 0.717) is 30.8 Å². The van der Waals surface area contributed by atoms with Crippen molar-refractivity contribution in [1.29, 1.82) is 0 Å². The molecule has 1 aliphatic rings. The summed E-state index contributed by atoms with van der Waals surface area (Å²) < 4.78 is 42.6. The summed E-state index contributed by atoms with van der Waals surface area (Å²) in [6.45, 7) is 7.95. The van der Waals surface area contributed by atoms with Crippen LogP contribution in [-0.2, 0) is 14.9 Å². The van der Waals surface area contributed by atoms with Gasteiger partial charge in [-0.3, -0.25) is 9.45 Å². The molecule has 0 bridgehead atoms. The summed E-state index contributed by atoms with van der Waals surface area (Å²) in [7, 11) is -1.95. The van der Waals surface area contributed by atoms with Crippen molar-refractivity contribution < 1.29 is 37.5 Å². The highest BCUT2D eigenvalue weighted by Crippen LogP contribution is 2.28. The third-order valence-electron chi connectivity index (χ3n) is 5.51. The molecule has 1 aliphatic heterocycles. The predicted octanol–water partition coefficient (Wildman–Crippen LogP) is 2.92. The van der Waals surface area contributed by atoms with E-state index < -0.39 is 10.1 Å². The third-order valence-corrected chi connectivity index (χ3v) is 5.51. The van der Waals surface area contributed by atoms with Crippen molar-refractivity contribution in [3.8, 4) is 11.5 Å². The number of nitrogens with zero attached hydrogens (tertiary/aromatic N) is 2. The number of carbonyl (C=O) groups is 1.